The number of benzene rings is 1. The zero-order valence-electron chi connectivity index (χ0n) is 11.1. The largest absolute Gasteiger partial charge is 0.398 e. The topological polar surface area (TPSA) is 59.2 Å². The highest BCUT2D eigenvalue weighted by molar-refractivity contribution is 5.96. The average Bonchev–Trinajstić information content (AvgIpc) is 2.42. The SMILES string of the molecule is Cc1c(N)cccc1C(=O)N(C)Cc1ccncc1. The first-order valence-electron chi connectivity index (χ1n) is 6.09. The summed E-state index contributed by atoms with van der Waals surface area (Å²) in [6.45, 7) is 2.42. The van der Waals surface area contributed by atoms with Gasteiger partial charge in [-0.25, -0.2) is 0 Å². The van der Waals surface area contributed by atoms with Gasteiger partial charge in [0, 0.05) is 37.2 Å². The van der Waals surface area contributed by atoms with E-state index in [1.54, 1.807) is 42.5 Å². The Kier molecular flexibility index (Phi) is 3.80. The molecule has 1 heterocycles. The van der Waals surface area contributed by atoms with Gasteiger partial charge in [0.2, 0.25) is 0 Å². The molecule has 2 aromatic rings. The number of aromatic nitrogens is 1. The Morgan fingerprint density at radius 3 is 2.63 bits per heavy atom. The molecule has 0 atom stereocenters. The molecule has 0 radical (unpaired) electrons. The number of carbonyl (C=O) groups is 1. The van der Waals surface area contributed by atoms with E-state index in [0.29, 0.717) is 17.8 Å². The molecule has 0 spiro atoms. The number of nitrogens with zero attached hydrogens (tertiary/aromatic N) is 2. The van der Waals surface area contributed by atoms with Crippen LogP contribution in [0.1, 0.15) is 21.5 Å². The molecule has 0 saturated carbocycles. The van der Waals surface area contributed by atoms with Crippen LogP contribution >= 0.6 is 0 Å². The number of nitrogens with two attached hydrogens (primary N) is 1. The average molecular weight is 255 g/mol. The second kappa shape index (κ2) is 5.52. The summed E-state index contributed by atoms with van der Waals surface area (Å²) in [6, 6.07) is 9.20. The minimum absolute atomic E-state index is 0.0263. The summed E-state index contributed by atoms with van der Waals surface area (Å²) < 4.78 is 0. The highest BCUT2D eigenvalue weighted by Gasteiger charge is 2.15. The maximum absolute atomic E-state index is 12.4. The molecule has 2 rings (SSSR count). The normalized spacial score (nSPS) is 10.2. The lowest BCUT2D eigenvalue weighted by Gasteiger charge is -2.19. The molecule has 1 aromatic carbocycles. The summed E-state index contributed by atoms with van der Waals surface area (Å²) >= 11 is 0. The molecule has 0 aliphatic carbocycles. The Morgan fingerprint density at radius 2 is 1.95 bits per heavy atom. The second-order valence-electron chi connectivity index (χ2n) is 4.54. The predicted molar refractivity (Wildman–Crippen MR) is 75.6 cm³/mol. The van der Waals surface area contributed by atoms with Gasteiger partial charge in [-0.1, -0.05) is 6.07 Å². The van der Waals surface area contributed by atoms with E-state index in [0.717, 1.165) is 11.1 Å². The van der Waals surface area contributed by atoms with Crippen molar-refractivity contribution in [3.05, 3.63) is 59.4 Å². The predicted octanol–water partition coefficient (Wildman–Crippen LogP) is 2.24. The number of hydrogen-bond donors (Lipinski definition) is 1. The van der Waals surface area contributed by atoms with Crippen LogP contribution in [0.2, 0.25) is 0 Å². The summed E-state index contributed by atoms with van der Waals surface area (Å²) in [6.07, 6.45) is 3.44. The summed E-state index contributed by atoms with van der Waals surface area (Å²) in [4.78, 5) is 18.0. The van der Waals surface area contributed by atoms with E-state index in [1.807, 2.05) is 19.1 Å². The molecule has 0 aliphatic heterocycles. The lowest BCUT2D eigenvalue weighted by molar-refractivity contribution is 0.0784. The Balaban J connectivity index is 2.18. The van der Waals surface area contributed by atoms with Crippen LogP contribution in [0.25, 0.3) is 0 Å². The van der Waals surface area contributed by atoms with Gasteiger partial charge in [0.1, 0.15) is 0 Å². The van der Waals surface area contributed by atoms with E-state index in [1.165, 1.54) is 0 Å². The lowest BCUT2D eigenvalue weighted by atomic mass is 10.1. The second-order valence-corrected chi connectivity index (χ2v) is 4.54. The van der Waals surface area contributed by atoms with Crippen LogP contribution < -0.4 is 5.73 Å². The van der Waals surface area contributed by atoms with Crippen molar-refractivity contribution < 1.29 is 4.79 Å². The highest BCUT2D eigenvalue weighted by atomic mass is 16.2. The molecule has 1 aromatic heterocycles. The molecule has 19 heavy (non-hydrogen) atoms. The van der Waals surface area contributed by atoms with Crippen LogP contribution in [0.5, 0.6) is 0 Å². The van der Waals surface area contributed by atoms with Crippen LogP contribution in [-0.4, -0.2) is 22.8 Å². The van der Waals surface area contributed by atoms with Crippen LogP contribution in [-0.2, 0) is 6.54 Å². The highest BCUT2D eigenvalue weighted by Crippen LogP contribution is 2.17. The molecule has 0 saturated heterocycles. The molecule has 1 amide bonds. The van der Waals surface area contributed by atoms with Crippen molar-refractivity contribution in [2.45, 2.75) is 13.5 Å². The maximum atomic E-state index is 12.4. The number of anilines is 1. The molecule has 0 aliphatic rings. The summed E-state index contributed by atoms with van der Waals surface area (Å²) in [7, 11) is 1.78. The third kappa shape index (κ3) is 2.91. The van der Waals surface area contributed by atoms with Crippen molar-refractivity contribution in [2.75, 3.05) is 12.8 Å². The Hall–Kier alpha value is -2.36. The third-order valence-electron chi connectivity index (χ3n) is 3.12. The van der Waals surface area contributed by atoms with Crippen molar-refractivity contribution in [1.29, 1.82) is 0 Å². The summed E-state index contributed by atoms with van der Waals surface area (Å²) in [5.74, 6) is -0.0263. The number of rotatable bonds is 3. The number of carbonyl (C=O) groups excluding carboxylic acids is 1. The van der Waals surface area contributed by atoms with Crippen LogP contribution in [0, 0.1) is 6.92 Å². The molecule has 0 bridgehead atoms. The van der Waals surface area contributed by atoms with E-state index in [2.05, 4.69) is 4.98 Å². The van der Waals surface area contributed by atoms with E-state index in [4.69, 9.17) is 5.73 Å². The molecule has 4 heteroatoms. The standard InChI is InChI=1S/C15H17N3O/c1-11-13(4-3-5-14(11)16)15(19)18(2)10-12-6-8-17-9-7-12/h3-9H,10,16H2,1-2H3. The number of pyridine rings is 1. The fourth-order valence-electron chi connectivity index (χ4n) is 1.92. The van der Waals surface area contributed by atoms with E-state index in [-0.39, 0.29) is 5.91 Å². The van der Waals surface area contributed by atoms with E-state index >= 15 is 0 Å². The molecule has 98 valence electrons. The van der Waals surface area contributed by atoms with Gasteiger partial charge in [-0.2, -0.15) is 0 Å². The Labute approximate surface area is 112 Å². The number of nitrogen functional groups attached to an aromatic ring is 1. The number of hydrogen-bond acceptors (Lipinski definition) is 3. The van der Waals surface area contributed by atoms with Gasteiger partial charge >= 0.3 is 0 Å². The smallest absolute Gasteiger partial charge is 0.254 e. The first-order chi connectivity index (χ1) is 9.09. The molecular formula is C15H17N3O. The zero-order valence-corrected chi connectivity index (χ0v) is 11.1. The molecule has 0 fully saturated rings. The monoisotopic (exact) mass is 255 g/mol. The van der Waals surface area contributed by atoms with Crippen LogP contribution in [0.4, 0.5) is 5.69 Å². The Bertz CT molecular complexity index is 581. The van der Waals surface area contributed by atoms with Gasteiger partial charge < -0.3 is 10.6 Å². The van der Waals surface area contributed by atoms with Gasteiger partial charge in [-0.3, -0.25) is 9.78 Å². The first-order valence-corrected chi connectivity index (χ1v) is 6.09. The van der Waals surface area contributed by atoms with E-state index in [9.17, 15) is 4.79 Å². The van der Waals surface area contributed by atoms with Gasteiger partial charge in [0.25, 0.3) is 5.91 Å². The fourth-order valence-corrected chi connectivity index (χ4v) is 1.92. The lowest BCUT2D eigenvalue weighted by Crippen LogP contribution is -2.27. The van der Waals surface area contributed by atoms with Gasteiger partial charge in [0.05, 0.1) is 0 Å². The van der Waals surface area contributed by atoms with Crippen LogP contribution in [0.3, 0.4) is 0 Å². The third-order valence-corrected chi connectivity index (χ3v) is 3.12. The fraction of sp³-hybridized carbons (Fsp3) is 0.200. The Morgan fingerprint density at radius 1 is 1.26 bits per heavy atom. The minimum Gasteiger partial charge on any atom is -0.398 e. The molecule has 0 unspecified atom stereocenters. The first kappa shape index (κ1) is 13.1. The van der Waals surface area contributed by atoms with Crippen molar-refractivity contribution in [3.8, 4) is 0 Å². The zero-order chi connectivity index (χ0) is 13.8. The van der Waals surface area contributed by atoms with E-state index < -0.39 is 0 Å². The van der Waals surface area contributed by atoms with Crippen molar-refractivity contribution in [3.63, 3.8) is 0 Å². The van der Waals surface area contributed by atoms with Crippen molar-refractivity contribution in [2.24, 2.45) is 0 Å². The van der Waals surface area contributed by atoms with Crippen molar-refractivity contribution >= 4 is 11.6 Å². The quantitative estimate of drug-likeness (QED) is 0.856. The number of amides is 1. The van der Waals surface area contributed by atoms with Gasteiger partial charge in [-0.05, 0) is 42.3 Å². The maximum Gasteiger partial charge on any atom is 0.254 e. The minimum atomic E-state index is -0.0263. The summed E-state index contributed by atoms with van der Waals surface area (Å²) in [5.41, 5.74) is 9.00. The molecular weight excluding hydrogens is 238 g/mol. The molecule has 4 nitrogen and oxygen atoms in total. The van der Waals surface area contributed by atoms with Crippen LogP contribution in [0.15, 0.2) is 42.7 Å². The summed E-state index contributed by atoms with van der Waals surface area (Å²) in [5, 5.41) is 0. The van der Waals surface area contributed by atoms with Gasteiger partial charge in [0.15, 0.2) is 0 Å². The molecule has 2 N–H and O–H groups in total. The van der Waals surface area contributed by atoms with Gasteiger partial charge in [-0.15, -0.1) is 0 Å². The van der Waals surface area contributed by atoms with Crippen molar-refractivity contribution in [1.82, 2.24) is 9.88 Å².